The Labute approximate surface area is 134 Å². The van der Waals surface area contributed by atoms with Gasteiger partial charge in [0, 0.05) is 12.2 Å². The minimum absolute atomic E-state index is 0.226. The number of aliphatic hydroxyl groups excluding tert-OH is 1. The summed E-state index contributed by atoms with van der Waals surface area (Å²) in [5, 5.41) is 16.9. The van der Waals surface area contributed by atoms with Gasteiger partial charge in [-0.2, -0.15) is 5.10 Å². The molecule has 0 saturated carbocycles. The van der Waals surface area contributed by atoms with E-state index in [-0.39, 0.29) is 30.2 Å². The summed E-state index contributed by atoms with van der Waals surface area (Å²) < 4.78 is 13.5. The lowest BCUT2D eigenvalue weighted by Crippen LogP contribution is -2.32. The Hall–Kier alpha value is -2.21. The van der Waals surface area contributed by atoms with Crippen LogP contribution in [0.25, 0.3) is 0 Å². The van der Waals surface area contributed by atoms with Crippen molar-refractivity contribution < 1.29 is 14.3 Å². The summed E-state index contributed by atoms with van der Waals surface area (Å²) in [4.78, 5) is 14.3. The molecule has 0 spiro atoms. The molecule has 122 valence electrons. The summed E-state index contributed by atoms with van der Waals surface area (Å²) in [6.07, 6.45) is -0.216. The second-order valence-electron chi connectivity index (χ2n) is 6.28. The molecular formula is C17H20FN3O2. The van der Waals surface area contributed by atoms with Gasteiger partial charge in [0.15, 0.2) is 0 Å². The topological polar surface area (TPSA) is 69.2 Å². The first kappa shape index (κ1) is 15.7. The van der Waals surface area contributed by atoms with E-state index < -0.39 is 6.10 Å². The predicted molar refractivity (Wildman–Crippen MR) is 83.5 cm³/mol. The largest absolute Gasteiger partial charge is 0.391 e. The van der Waals surface area contributed by atoms with E-state index in [0.717, 1.165) is 5.69 Å². The van der Waals surface area contributed by atoms with Gasteiger partial charge < -0.3 is 10.0 Å². The van der Waals surface area contributed by atoms with Crippen molar-refractivity contribution in [3.63, 3.8) is 0 Å². The molecule has 1 fully saturated rings. The van der Waals surface area contributed by atoms with Crippen molar-refractivity contribution in [1.29, 1.82) is 0 Å². The Kier molecular flexibility index (Phi) is 4.17. The van der Waals surface area contributed by atoms with Crippen LogP contribution < -0.4 is 0 Å². The Bertz CT molecular complexity index is 713. The second-order valence-corrected chi connectivity index (χ2v) is 6.28. The van der Waals surface area contributed by atoms with Gasteiger partial charge in [0.2, 0.25) is 0 Å². The number of amides is 1. The minimum Gasteiger partial charge on any atom is -0.391 e. The van der Waals surface area contributed by atoms with Crippen molar-refractivity contribution >= 4 is 5.91 Å². The molecule has 2 heterocycles. The lowest BCUT2D eigenvalue weighted by Gasteiger charge is -2.24. The number of nitrogens with zero attached hydrogens (tertiary/aromatic N) is 2. The molecule has 2 unspecified atom stereocenters. The fourth-order valence-corrected chi connectivity index (χ4v) is 2.96. The summed E-state index contributed by atoms with van der Waals surface area (Å²) in [7, 11) is 0. The molecule has 0 aliphatic carbocycles. The smallest absolute Gasteiger partial charge is 0.274 e. The van der Waals surface area contributed by atoms with Gasteiger partial charge in [-0.05, 0) is 36.1 Å². The number of aromatic amines is 1. The second kappa shape index (κ2) is 6.12. The summed E-state index contributed by atoms with van der Waals surface area (Å²) >= 11 is 0. The Morgan fingerprint density at radius 1 is 1.43 bits per heavy atom. The molecule has 2 aromatic rings. The average Bonchev–Trinajstić information content (AvgIpc) is 3.13. The van der Waals surface area contributed by atoms with Crippen LogP contribution in [0.1, 0.15) is 54.0 Å². The first-order chi connectivity index (χ1) is 11.0. The number of likely N-dealkylation sites (tertiary alicyclic amines) is 1. The van der Waals surface area contributed by atoms with Crippen LogP contribution in [0.2, 0.25) is 0 Å². The molecule has 1 aromatic carbocycles. The van der Waals surface area contributed by atoms with E-state index in [9.17, 15) is 14.3 Å². The van der Waals surface area contributed by atoms with Gasteiger partial charge in [-0.25, -0.2) is 4.39 Å². The standard InChI is InChI=1S/C17H20FN3O2/c1-10(2)14-8-15(20-19-14)17(23)21-9-13(22)7-16(21)11-4-3-5-12(18)6-11/h3-6,8,10,13,16,22H,7,9H2,1-2H3,(H,19,20). The third-order valence-corrected chi connectivity index (χ3v) is 4.21. The Morgan fingerprint density at radius 3 is 2.87 bits per heavy atom. The number of β-amino-alcohol motifs (C(OH)–C–C–N with tert-alkyl or cyclic N) is 1. The number of aromatic nitrogens is 2. The predicted octanol–water partition coefficient (Wildman–Crippen LogP) is 2.62. The molecule has 1 aromatic heterocycles. The van der Waals surface area contributed by atoms with E-state index in [2.05, 4.69) is 10.2 Å². The molecule has 1 aliphatic heterocycles. The van der Waals surface area contributed by atoms with Crippen molar-refractivity contribution in [2.75, 3.05) is 6.54 Å². The van der Waals surface area contributed by atoms with Gasteiger partial charge >= 0.3 is 0 Å². The first-order valence-electron chi connectivity index (χ1n) is 7.75. The molecule has 0 radical (unpaired) electrons. The zero-order chi connectivity index (χ0) is 16.6. The maximum atomic E-state index is 13.5. The van der Waals surface area contributed by atoms with Gasteiger partial charge in [-0.3, -0.25) is 9.89 Å². The van der Waals surface area contributed by atoms with E-state index in [0.29, 0.717) is 17.7 Å². The highest BCUT2D eigenvalue weighted by Crippen LogP contribution is 2.33. The van der Waals surface area contributed by atoms with Crippen LogP contribution in [-0.2, 0) is 0 Å². The summed E-state index contributed by atoms with van der Waals surface area (Å²) in [6, 6.07) is 7.56. The molecule has 23 heavy (non-hydrogen) atoms. The molecule has 6 heteroatoms. The first-order valence-corrected chi connectivity index (χ1v) is 7.75. The Balaban J connectivity index is 1.88. The van der Waals surface area contributed by atoms with Crippen molar-refractivity contribution in [2.45, 2.75) is 38.3 Å². The van der Waals surface area contributed by atoms with Crippen molar-refractivity contribution in [2.24, 2.45) is 0 Å². The van der Waals surface area contributed by atoms with Crippen LogP contribution in [0, 0.1) is 5.82 Å². The SMILES string of the molecule is CC(C)c1cc(C(=O)N2CC(O)CC2c2cccc(F)c2)n[nH]1. The number of halogens is 1. The molecule has 2 N–H and O–H groups in total. The summed E-state index contributed by atoms with van der Waals surface area (Å²) in [5.74, 6) is -0.357. The number of hydrogen-bond donors (Lipinski definition) is 2. The molecular weight excluding hydrogens is 297 g/mol. The van der Waals surface area contributed by atoms with Gasteiger partial charge in [0.25, 0.3) is 5.91 Å². The van der Waals surface area contributed by atoms with Gasteiger partial charge in [-0.1, -0.05) is 26.0 Å². The molecule has 3 rings (SSSR count). The number of nitrogens with one attached hydrogen (secondary N) is 1. The summed E-state index contributed by atoms with van der Waals surface area (Å²) in [5.41, 5.74) is 1.90. The van der Waals surface area contributed by atoms with E-state index in [1.165, 1.54) is 12.1 Å². The number of H-pyrrole nitrogens is 1. The highest BCUT2D eigenvalue weighted by atomic mass is 19.1. The maximum Gasteiger partial charge on any atom is 0.274 e. The number of carbonyl (C=O) groups excluding carboxylic acids is 1. The summed E-state index contributed by atoms with van der Waals surface area (Å²) in [6.45, 7) is 4.25. The normalized spacial score (nSPS) is 21.2. The van der Waals surface area contributed by atoms with E-state index in [4.69, 9.17) is 0 Å². The average molecular weight is 317 g/mol. The van der Waals surface area contributed by atoms with Gasteiger partial charge in [-0.15, -0.1) is 0 Å². The number of rotatable bonds is 3. The van der Waals surface area contributed by atoms with E-state index >= 15 is 0 Å². The monoisotopic (exact) mass is 317 g/mol. The molecule has 1 amide bonds. The number of hydrogen-bond acceptors (Lipinski definition) is 3. The van der Waals surface area contributed by atoms with Crippen LogP contribution in [0.15, 0.2) is 30.3 Å². The van der Waals surface area contributed by atoms with Gasteiger partial charge in [0.05, 0.1) is 12.1 Å². The number of benzene rings is 1. The quantitative estimate of drug-likeness (QED) is 0.914. The van der Waals surface area contributed by atoms with Crippen LogP contribution in [0.4, 0.5) is 4.39 Å². The van der Waals surface area contributed by atoms with E-state index in [1.807, 2.05) is 13.8 Å². The molecule has 1 aliphatic rings. The molecule has 2 atom stereocenters. The zero-order valence-corrected chi connectivity index (χ0v) is 13.2. The van der Waals surface area contributed by atoms with Gasteiger partial charge in [0.1, 0.15) is 11.5 Å². The lowest BCUT2D eigenvalue weighted by atomic mass is 10.0. The third-order valence-electron chi connectivity index (χ3n) is 4.21. The fraction of sp³-hybridized carbons (Fsp3) is 0.412. The lowest BCUT2D eigenvalue weighted by molar-refractivity contribution is 0.0709. The van der Waals surface area contributed by atoms with Crippen LogP contribution in [-0.4, -0.2) is 38.8 Å². The van der Waals surface area contributed by atoms with Crippen molar-refractivity contribution in [1.82, 2.24) is 15.1 Å². The van der Waals surface area contributed by atoms with E-state index in [1.54, 1.807) is 23.1 Å². The fourth-order valence-electron chi connectivity index (χ4n) is 2.96. The molecule has 5 nitrogen and oxygen atoms in total. The Morgan fingerprint density at radius 2 is 2.22 bits per heavy atom. The maximum absolute atomic E-state index is 13.5. The number of aliphatic hydroxyl groups is 1. The van der Waals surface area contributed by atoms with Crippen LogP contribution in [0.5, 0.6) is 0 Å². The highest BCUT2D eigenvalue weighted by molar-refractivity contribution is 5.93. The number of carbonyl (C=O) groups is 1. The molecule has 0 bridgehead atoms. The zero-order valence-electron chi connectivity index (χ0n) is 13.2. The highest BCUT2D eigenvalue weighted by Gasteiger charge is 2.36. The van der Waals surface area contributed by atoms with Crippen molar-refractivity contribution in [3.8, 4) is 0 Å². The minimum atomic E-state index is -0.615. The third kappa shape index (κ3) is 3.12. The van der Waals surface area contributed by atoms with Crippen LogP contribution in [0.3, 0.4) is 0 Å². The van der Waals surface area contributed by atoms with Crippen molar-refractivity contribution in [3.05, 3.63) is 53.1 Å². The molecule has 1 saturated heterocycles. The van der Waals surface area contributed by atoms with Crippen LogP contribution >= 0.6 is 0 Å².